The molecule has 0 aromatic heterocycles. The summed E-state index contributed by atoms with van der Waals surface area (Å²) in [4.78, 5) is 38.7. The summed E-state index contributed by atoms with van der Waals surface area (Å²) >= 11 is 0. The van der Waals surface area contributed by atoms with Gasteiger partial charge in [-0.05, 0) is 42.4 Å². The van der Waals surface area contributed by atoms with Crippen LogP contribution >= 0.6 is 0 Å². The third-order valence-corrected chi connectivity index (χ3v) is 5.74. The summed E-state index contributed by atoms with van der Waals surface area (Å²) in [6.07, 6.45) is 6.12. The van der Waals surface area contributed by atoms with Crippen LogP contribution < -0.4 is 5.32 Å². The summed E-state index contributed by atoms with van der Waals surface area (Å²) in [6.45, 7) is 2.23. The molecule has 1 heterocycles. The van der Waals surface area contributed by atoms with Gasteiger partial charge in [-0.3, -0.25) is 19.3 Å². The molecule has 2 fully saturated rings. The van der Waals surface area contributed by atoms with Crippen molar-refractivity contribution in [1.82, 2.24) is 4.90 Å². The standard InChI is InChI=1S/C20H22N2O3/c1-2-12-4-3-5-15(10-12)21-16(23)8-9-22-19(24)17-13-6-7-14(11-13)18(17)20(22)25/h3-7,10,13-14,17-18H,2,8-9,11H2,1H3,(H,21,23)/t13-,14-,17-,18+/m0/s1. The summed E-state index contributed by atoms with van der Waals surface area (Å²) in [5.74, 6) is -0.310. The Kier molecular flexibility index (Phi) is 3.94. The number of benzene rings is 1. The molecule has 1 aliphatic heterocycles. The maximum absolute atomic E-state index is 12.6. The predicted octanol–water partition coefficient (Wildman–Crippen LogP) is 2.38. The summed E-state index contributed by atoms with van der Waals surface area (Å²) in [5, 5.41) is 2.85. The molecule has 1 aromatic rings. The van der Waals surface area contributed by atoms with Gasteiger partial charge in [0.15, 0.2) is 0 Å². The van der Waals surface area contributed by atoms with Crippen molar-refractivity contribution >= 4 is 23.4 Å². The number of hydrogen-bond acceptors (Lipinski definition) is 3. The second-order valence-electron chi connectivity index (χ2n) is 7.18. The van der Waals surface area contributed by atoms with Crippen molar-refractivity contribution in [1.29, 1.82) is 0 Å². The number of carbonyl (C=O) groups is 3. The van der Waals surface area contributed by atoms with Gasteiger partial charge in [0.1, 0.15) is 0 Å². The van der Waals surface area contributed by atoms with Crippen LogP contribution in [0.15, 0.2) is 36.4 Å². The van der Waals surface area contributed by atoms with Gasteiger partial charge in [0.25, 0.3) is 0 Å². The largest absolute Gasteiger partial charge is 0.326 e. The van der Waals surface area contributed by atoms with Crippen LogP contribution in [0, 0.1) is 23.7 Å². The second kappa shape index (κ2) is 6.14. The summed E-state index contributed by atoms with van der Waals surface area (Å²) in [6, 6.07) is 7.71. The number of hydrogen-bond donors (Lipinski definition) is 1. The van der Waals surface area contributed by atoms with E-state index in [1.54, 1.807) is 0 Å². The predicted molar refractivity (Wildman–Crippen MR) is 93.5 cm³/mol. The number of imide groups is 1. The second-order valence-corrected chi connectivity index (χ2v) is 7.18. The first kappa shape index (κ1) is 16.1. The molecule has 0 unspecified atom stereocenters. The van der Waals surface area contributed by atoms with E-state index < -0.39 is 0 Å². The number of nitrogens with zero attached hydrogens (tertiary/aromatic N) is 1. The molecule has 5 heteroatoms. The number of fused-ring (bicyclic) bond motifs is 5. The van der Waals surface area contributed by atoms with E-state index in [1.165, 1.54) is 4.90 Å². The molecule has 2 bridgehead atoms. The van der Waals surface area contributed by atoms with Crippen LogP contribution in [0.5, 0.6) is 0 Å². The van der Waals surface area contributed by atoms with Crippen molar-refractivity contribution in [3.63, 3.8) is 0 Å². The average Bonchev–Trinajstić information content (AvgIpc) is 3.28. The number of amides is 3. The molecule has 0 spiro atoms. The zero-order valence-corrected chi connectivity index (χ0v) is 14.3. The van der Waals surface area contributed by atoms with Crippen molar-refractivity contribution < 1.29 is 14.4 Å². The number of rotatable bonds is 5. The van der Waals surface area contributed by atoms with E-state index in [9.17, 15) is 14.4 Å². The van der Waals surface area contributed by atoms with Crippen LogP contribution in [0.3, 0.4) is 0 Å². The fourth-order valence-corrected chi connectivity index (χ4v) is 4.49. The molecule has 1 aromatic carbocycles. The molecule has 1 saturated heterocycles. The first-order valence-corrected chi connectivity index (χ1v) is 9.01. The van der Waals surface area contributed by atoms with Gasteiger partial charge in [-0.1, -0.05) is 31.2 Å². The molecule has 2 aliphatic carbocycles. The lowest BCUT2D eigenvalue weighted by atomic mass is 9.85. The Morgan fingerprint density at radius 2 is 1.84 bits per heavy atom. The first-order valence-electron chi connectivity index (χ1n) is 9.01. The monoisotopic (exact) mass is 338 g/mol. The van der Waals surface area contributed by atoms with Gasteiger partial charge in [0, 0.05) is 18.7 Å². The zero-order chi connectivity index (χ0) is 17.6. The van der Waals surface area contributed by atoms with Crippen LogP contribution in [-0.4, -0.2) is 29.2 Å². The van der Waals surface area contributed by atoms with E-state index in [0.717, 1.165) is 24.1 Å². The molecular formula is C20H22N2O3. The molecule has 4 atom stereocenters. The molecule has 0 radical (unpaired) electrons. The number of aryl methyl sites for hydroxylation is 1. The molecule has 4 rings (SSSR count). The minimum absolute atomic E-state index is 0.0902. The van der Waals surface area contributed by atoms with E-state index in [-0.39, 0.29) is 54.4 Å². The van der Waals surface area contributed by atoms with Crippen molar-refractivity contribution in [3.05, 3.63) is 42.0 Å². The van der Waals surface area contributed by atoms with Crippen LogP contribution in [0.4, 0.5) is 5.69 Å². The van der Waals surface area contributed by atoms with Crippen molar-refractivity contribution in [3.8, 4) is 0 Å². The summed E-state index contributed by atoms with van der Waals surface area (Å²) in [7, 11) is 0. The van der Waals surface area contributed by atoms with Gasteiger partial charge in [0.05, 0.1) is 11.8 Å². The Balaban J connectivity index is 1.36. The fraction of sp³-hybridized carbons (Fsp3) is 0.450. The quantitative estimate of drug-likeness (QED) is 0.662. The van der Waals surface area contributed by atoms with Gasteiger partial charge in [-0.15, -0.1) is 0 Å². The highest BCUT2D eigenvalue weighted by molar-refractivity contribution is 6.06. The van der Waals surface area contributed by atoms with E-state index >= 15 is 0 Å². The minimum Gasteiger partial charge on any atom is -0.326 e. The van der Waals surface area contributed by atoms with Gasteiger partial charge < -0.3 is 5.32 Å². The Morgan fingerprint density at radius 1 is 1.16 bits per heavy atom. The van der Waals surface area contributed by atoms with Gasteiger partial charge in [-0.25, -0.2) is 0 Å². The summed E-state index contributed by atoms with van der Waals surface area (Å²) in [5.41, 5.74) is 1.90. The smallest absolute Gasteiger partial charge is 0.233 e. The lowest BCUT2D eigenvalue weighted by Crippen LogP contribution is -2.35. The van der Waals surface area contributed by atoms with Crippen LogP contribution in [0.1, 0.15) is 25.3 Å². The Hall–Kier alpha value is -2.43. The topological polar surface area (TPSA) is 66.5 Å². The van der Waals surface area contributed by atoms with Crippen molar-refractivity contribution in [2.45, 2.75) is 26.2 Å². The molecular weight excluding hydrogens is 316 g/mol. The fourth-order valence-electron chi connectivity index (χ4n) is 4.49. The highest BCUT2D eigenvalue weighted by Crippen LogP contribution is 2.52. The number of nitrogens with one attached hydrogen (secondary N) is 1. The van der Waals surface area contributed by atoms with E-state index in [4.69, 9.17) is 0 Å². The maximum atomic E-state index is 12.6. The normalized spacial score (nSPS) is 29.4. The van der Waals surface area contributed by atoms with Crippen molar-refractivity contribution in [2.75, 3.05) is 11.9 Å². The molecule has 25 heavy (non-hydrogen) atoms. The molecule has 5 nitrogen and oxygen atoms in total. The Labute approximate surface area is 147 Å². The van der Waals surface area contributed by atoms with Gasteiger partial charge >= 0.3 is 0 Å². The van der Waals surface area contributed by atoms with E-state index in [1.807, 2.05) is 24.3 Å². The SMILES string of the molecule is CCc1cccc(NC(=O)CCN2C(=O)[C@@H]3[C@H](C2=O)[C@H]2C=C[C@H]3C2)c1. The number of allylic oxidation sites excluding steroid dienone is 2. The third-order valence-electron chi connectivity index (χ3n) is 5.74. The van der Waals surface area contributed by atoms with E-state index in [2.05, 4.69) is 24.4 Å². The summed E-state index contributed by atoms with van der Waals surface area (Å²) < 4.78 is 0. The zero-order valence-electron chi connectivity index (χ0n) is 14.3. The Bertz CT molecular complexity index is 740. The molecule has 3 aliphatic rings. The highest BCUT2D eigenvalue weighted by atomic mass is 16.2. The van der Waals surface area contributed by atoms with Crippen molar-refractivity contribution in [2.24, 2.45) is 23.7 Å². The average molecular weight is 338 g/mol. The van der Waals surface area contributed by atoms with Crippen LogP contribution in [-0.2, 0) is 20.8 Å². The van der Waals surface area contributed by atoms with Gasteiger partial charge in [-0.2, -0.15) is 0 Å². The lowest BCUT2D eigenvalue weighted by molar-refractivity contribution is -0.140. The highest BCUT2D eigenvalue weighted by Gasteiger charge is 2.58. The number of carbonyl (C=O) groups excluding carboxylic acids is 3. The molecule has 1 N–H and O–H groups in total. The van der Waals surface area contributed by atoms with Gasteiger partial charge in [0.2, 0.25) is 17.7 Å². The third kappa shape index (κ3) is 2.68. The Morgan fingerprint density at radius 3 is 2.48 bits per heavy atom. The van der Waals surface area contributed by atoms with Crippen LogP contribution in [0.25, 0.3) is 0 Å². The minimum atomic E-state index is -0.188. The maximum Gasteiger partial charge on any atom is 0.233 e. The first-order chi connectivity index (χ1) is 12.1. The lowest BCUT2D eigenvalue weighted by Gasteiger charge is -2.17. The number of anilines is 1. The molecule has 130 valence electrons. The number of likely N-dealkylation sites (tertiary alicyclic amines) is 1. The van der Waals surface area contributed by atoms with E-state index in [0.29, 0.717) is 0 Å². The molecule has 3 amide bonds. The van der Waals surface area contributed by atoms with Crippen LogP contribution in [0.2, 0.25) is 0 Å². The molecule has 1 saturated carbocycles.